The van der Waals surface area contributed by atoms with E-state index in [1.807, 2.05) is 22.8 Å². The van der Waals surface area contributed by atoms with Gasteiger partial charge in [0.1, 0.15) is 28.7 Å². The number of rotatable bonds is 10. The van der Waals surface area contributed by atoms with E-state index in [9.17, 15) is 28.3 Å². The van der Waals surface area contributed by atoms with Gasteiger partial charge in [0.2, 0.25) is 5.76 Å². The fraction of sp³-hybridized carbons (Fsp3) is 0.314. The van der Waals surface area contributed by atoms with Crippen LogP contribution in [0.25, 0.3) is 21.1 Å². The van der Waals surface area contributed by atoms with Crippen LogP contribution in [0.2, 0.25) is 0 Å². The smallest absolute Gasteiger partial charge is 0.393 e. The van der Waals surface area contributed by atoms with Gasteiger partial charge < -0.3 is 25.4 Å². The van der Waals surface area contributed by atoms with Crippen molar-refractivity contribution in [3.63, 3.8) is 0 Å². The minimum atomic E-state index is -4.28. The molecule has 10 nitrogen and oxygen atoms in total. The molecule has 15 heteroatoms. The quantitative estimate of drug-likeness (QED) is 0.0723. The van der Waals surface area contributed by atoms with Crippen molar-refractivity contribution < 1.29 is 28.2 Å². The number of aliphatic hydroxyl groups is 2. The molecule has 1 saturated heterocycles. The first kappa shape index (κ1) is 34.8. The Balaban J connectivity index is 1.07. The number of halogens is 3. The number of carbonyl (C=O) groups excluding carboxylic acids is 1. The number of aliphatic hydroxyl groups excluding tert-OH is 2. The van der Waals surface area contributed by atoms with Crippen LogP contribution in [0.4, 0.5) is 24.7 Å². The maximum Gasteiger partial charge on any atom is 0.393 e. The van der Waals surface area contributed by atoms with Crippen LogP contribution in [0, 0.1) is 18.3 Å². The van der Waals surface area contributed by atoms with Crippen molar-refractivity contribution in [3.8, 4) is 6.07 Å². The Morgan fingerprint density at radius 1 is 1.10 bits per heavy atom. The summed E-state index contributed by atoms with van der Waals surface area (Å²) >= 11 is 1.05. The van der Waals surface area contributed by atoms with Crippen LogP contribution >= 0.6 is 11.3 Å². The van der Waals surface area contributed by atoms with Crippen molar-refractivity contribution in [2.24, 2.45) is 0 Å². The maximum absolute atomic E-state index is 12.9. The number of nitrogens with one attached hydrogen (secondary N) is 2. The summed E-state index contributed by atoms with van der Waals surface area (Å²) in [4.78, 5) is 23.6. The number of carbonyl (C=O) groups is 1. The minimum absolute atomic E-state index is 0.136. The van der Waals surface area contributed by atoms with E-state index < -0.39 is 29.9 Å². The Hall–Kier alpha value is -5.07. The summed E-state index contributed by atoms with van der Waals surface area (Å²) in [5, 5.41) is 36.1. The van der Waals surface area contributed by atoms with Gasteiger partial charge in [0, 0.05) is 53.7 Å². The molecule has 6 rings (SSSR count). The number of benzene rings is 2. The van der Waals surface area contributed by atoms with Crippen LogP contribution < -0.4 is 10.6 Å². The third-order valence-electron chi connectivity index (χ3n) is 8.95. The monoisotopic (exact) mass is 699 g/mol. The molecule has 2 radical (unpaired) electrons. The Labute approximate surface area is 291 Å². The standard InChI is InChI=1S/C35H33BF3N7O3S/c1-20-22(18-45-11-9-24(10-12-45)43-32-28-15-26(16-35(37,38)39)50-34(28)42-19-41-32)4-7-29-27(20)14-25(17-40)46(29)13-8-21-2-5-23(6-3-21)44-33(49)30(47)31(36)48/h2-7,14-15,19,24,47-48H,8-13,16,18H2,1H3,(H,44,49)(H,41,42,43)/b31-30-. The number of hydrogen-bond donors (Lipinski definition) is 4. The van der Waals surface area contributed by atoms with Gasteiger partial charge >= 0.3 is 6.18 Å². The van der Waals surface area contributed by atoms with Crippen LogP contribution in [0.5, 0.6) is 0 Å². The highest BCUT2D eigenvalue weighted by Gasteiger charge is 2.29. The Bertz CT molecular complexity index is 2110. The van der Waals surface area contributed by atoms with Gasteiger partial charge in [-0.05, 0) is 73.2 Å². The number of nitrogens with zero attached hydrogens (tertiary/aromatic N) is 5. The zero-order valence-corrected chi connectivity index (χ0v) is 27.9. The summed E-state index contributed by atoms with van der Waals surface area (Å²) in [6.07, 6.45) is -1.53. The molecule has 0 bridgehead atoms. The predicted molar refractivity (Wildman–Crippen MR) is 187 cm³/mol. The lowest BCUT2D eigenvalue weighted by Crippen LogP contribution is -2.39. The van der Waals surface area contributed by atoms with Crippen molar-refractivity contribution in [1.82, 2.24) is 19.4 Å². The van der Waals surface area contributed by atoms with Crippen LogP contribution in [0.15, 0.2) is 66.3 Å². The van der Waals surface area contributed by atoms with E-state index >= 15 is 0 Å². The number of likely N-dealkylation sites (tertiary alicyclic amines) is 1. The number of aromatic nitrogens is 3. The lowest BCUT2D eigenvalue weighted by Gasteiger charge is -2.33. The molecule has 1 aliphatic heterocycles. The average molecular weight is 700 g/mol. The molecule has 50 heavy (non-hydrogen) atoms. The van der Waals surface area contributed by atoms with Crippen molar-refractivity contribution >= 4 is 57.7 Å². The lowest BCUT2D eigenvalue weighted by molar-refractivity contribution is -0.126. The molecular formula is C35H33BF3N7O3S. The number of anilines is 2. The molecule has 0 aliphatic carbocycles. The molecule has 0 spiro atoms. The summed E-state index contributed by atoms with van der Waals surface area (Å²) in [5.74, 6) is -1.31. The van der Waals surface area contributed by atoms with Gasteiger partial charge in [-0.1, -0.05) is 18.2 Å². The summed E-state index contributed by atoms with van der Waals surface area (Å²) in [6.45, 7) is 5.08. The maximum atomic E-state index is 12.9. The molecule has 0 unspecified atom stereocenters. The minimum Gasteiger partial charge on any atom is -0.520 e. The van der Waals surface area contributed by atoms with Gasteiger partial charge in [-0.2, -0.15) is 18.4 Å². The fourth-order valence-electron chi connectivity index (χ4n) is 6.30. The molecule has 1 amide bonds. The summed E-state index contributed by atoms with van der Waals surface area (Å²) < 4.78 is 40.8. The topological polar surface area (TPSA) is 139 Å². The molecular weight excluding hydrogens is 666 g/mol. The predicted octanol–water partition coefficient (Wildman–Crippen LogP) is 6.64. The Morgan fingerprint density at radius 2 is 1.84 bits per heavy atom. The van der Waals surface area contributed by atoms with Gasteiger partial charge in [-0.3, -0.25) is 9.69 Å². The number of aryl methyl sites for hydroxylation is 3. The molecule has 4 N–H and O–H groups in total. The highest BCUT2D eigenvalue weighted by atomic mass is 32.1. The van der Waals surface area contributed by atoms with E-state index in [0.29, 0.717) is 40.4 Å². The van der Waals surface area contributed by atoms with E-state index in [-0.39, 0.29) is 10.9 Å². The second kappa shape index (κ2) is 14.4. The molecule has 3 aromatic heterocycles. The van der Waals surface area contributed by atoms with Crippen LogP contribution in [0.1, 0.15) is 40.1 Å². The van der Waals surface area contributed by atoms with Crippen LogP contribution in [-0.4, -0.2) is 68.7 Å². The van der Waals surface area contributed by atoms with Crippen molar-refractivity contribution in [1.29, 1.82) is 5.26 Å². The zero-order valence-electron chi connectivity index (χ0n) is 27.1. The highest BCUT2D eigenvalue weighted by molar-refractivity contribution is 7.18. The second-order valence-electron chi connectivity index (χ2n) is 12.4. The summed E-state index contributed by atoms with van der Waals surface area (Å²) in [5.41, 5.74) is 4.28. The van der Waals surface area contributed by atoms with Gasteiger partial charge in [0.25, 0.3) is 5.91 Å². The SMILES string of the molecule is [B]/C(O)=C(/O)C(=O)Nc1ccc(CCn2c(C#N)cc3c(C)c(CN4CCC(Nc5ncnc6sc(CC(F)(F)F)cc56)CC4)ccc32)cc1. The molecule has 0 atom stereocenters. The van der Waals surface area contributed by atoms with Gasteiger partial charge in [0.05, 0.1) is 17.5 Å². The Kier molecular flexibility index (Phi) is 10.0. The van der Waals surface area contributed by atoms with Crippen molar-refractivity contribution in [2.75, 3.05) is 23.7 Å². The van der Waals surface area contributed by atoms with Gasteiger partial charge in [-0.15, -0.1) is 11.3 Å². The largest absolute Gasteiger partial charge is 0.520 e. The average Bonchev–Trinajstić information content (AvgIpc) is 3.66. The number of alkyl halides is 3. The molecule has 0 saturated carbocycles. The Morgan fingerprint density at radius 3 is 2.52 bits per heavy atom. The molecule has 4 heterocycles. The summed E-state index contributed by atoms with van der Waals surface area (Å²) in [7, 11) is 5.04. The number of nitriles is 1. The van der Waals surface area contributed by atoms with Gasteiger partial charge in [0.15, 0.2) is 7.85 Å². The van der Waals surface area contributed by atoms with E-state index in [4.69, 9.17) is 13.0 Å². The summed E-state index contributed by atoms with van der Waals surface area (Å²) in [6, 6.07) is 17.1. The van der Waals surface area contributed by atoms with Crippen LogP contribution in [-0.2, 0) is 30.7 Å². The second-order valence-corrected chi connectivity index (χ2v) is 13.5. The molecule has 5 aromatic rings. The highest BCUT2D eigenvalue weighted by Crippen LogP contribution is 2.33. The number of fused-ring (bicyclic) bond motifs is 2. The van der Waals surface area contributed by atoms with Crippen molar-refractivity contribution in [2.45, 2.75) is 57.9 Å². The number of amides is 1. The normalized spacial score (nSPS) is 14.9. The fourth-order valence-corrected chi connectivity index (χ4v) is 7.33. The molecule has 2 aromatic carbocycles. The first-order valence-corrected chi connectivity index (χ1v) is 16.8. The van der Waals surface area contributed by atoms with E-state index in [1.165, 1.54) is 11.9 Å². The number of hydrogen-bond acceptors (Lipinski definition) is 9. The first-order chi connectivity index (χ1) is 23.9. The number of piperidine rings is 1. The number of thiophene rings is 1. The van der Waals surface area contributed by atoms with E-state index in [1.54, 1.807) is 18.2 Å². The van der Waals surface area contributed by atoms with Crippen LogP contribution in [0.3, 0.4) is 0 Å². The van der Waals surface area contributed by atoms with Crippen molar-refractivity contribution in [3.05, 3.63) is 93.5 Å². The first-order valence-electron chi connectivity index (χ1n) is 16.0. The van der Waals surface area contributed by atoms with E-state index in [0.717, 1.165) is 65.8 Å². The molecule has 1 fully saturated rings. The van der Waals surface area contributed by atoms with E-state index in [2.05, 4.69) is 50.6 Å². The lowest BCUT2D eigenvalue weighted by atomic mass is 10.0. The third kappa shape index (κ3) is 7.87. The molecule has 1 aliphatic rings. The zero-order chi connectivity index (χ0) is 35.6. The van der Waals surface area contributed by atoms with Gasteiger partial charge in [-0.25, -0.2) is 9.97 Å². The molecule has 256 valence electrons. The third-order valence-corrected chi connectivity index (χ3v) is 10.00.